The van der Waals surface area contributed by atoms with E-state index in [1.807, 2.05) is 24.3 Å². The molecule has 0 aliphatic heterocycles. The minimum Gasteiger partial charge on any atom is -0.365 e. The second-order valence-corrected chi connectivity index (χ2v) is 7.07. The molecule has 1 saturated carbocycles. The van der Waals surface area contributed by atoms with Crippen LogP contribution in [0.2, 0.25) is 0 Å². The van der Waals surface area contributed by atoms with Gasteiger partial charge in [-0.05, 0) is 31.0 Å². The van der Waals surface area contributed by atoms with Crippen LogP contribution in [0.15, 0.2) is 34.9 Å². The maximum Gasteiger partial charge on any atom is 0.254 e. The number of hydrogen-bond donors (Lipinski definition) is 4. The molecule has 2 unspecified atom stereocenters. The number of nitrogens with zero attached hydrogens (tertiary/aromatic N) is 2. The number of anilines is 3. The Morgan fingerprint density at radius 3 is 2.80 bits per heavy atom. The predicted octanol–water partition coefficient (Wildman–Crippen LogP) is 2.76. The van der Waals surface area contributed by atoms with Gasteiger partial charge in [-0.1, -0.05) is 34.8 Å². The van der Waals surface area contributed by atoms with E-state index in [1.165, 1.54) is 6.20 Å². The molecule has 2 atom stereocenters. The molecule has 0 saturated heterocycles. The van der Waals surface area contributed by atoms with Crippen molar-refractivity contribution >= 4 is 39.3 Å². The molecule has 6 N–H and O–H groups in total. The lowest BCUT2D eigenvalue weighted by Gasteiger charge is -2.29. The summed E-state index contributed by atoms with van der Waals surface area (Å²) in [4.78, 5) is 20.3. The van der Waals surface area contributed by atoms with Crippen LogP contribution in [0.5, 0.6) is 0 Å². The van der Waals surface area contributed by atoms with Crippen molar-refractivity contribution < 1.29 is 4.79 Å². The molecule has 3 rings (SSSR count). The molecule has 1 aliphatic carbocycles. The maximum atomic E-state index is 11.7. The van der Waals surface area contributed by atoms with E-state index in [0.717, 1.165) is 35.8 Å². The highest BCUT2D eigenvalue weighted by Gasteiger charge is 2.23. The number of rotatable bonds is 5. The third kappa shape index (κ3) is 4.46. The summed E-state index contributed by atoms with van der Waals surface area (Å²) in [7, 11) is 0. The molecule has 1 aliphatic rings. The fourth-order valence-corrected chi connectivity index (χ4v) is 3.33. The van der Waals surface area contributed by atoms with Gasteiger partial charge in [-0.15, -0.1) is 0 Å². The van der Waals surface area contributed by atoms with Gasteiger partial charge >= 0.3 is 0 Å². The molecular weight excluding hydrogens is 384 g/mol. The lowest BCUT2D eigenvalue weighted by Crippen LogP contribution is -2.43. The molecule has 25 heavy (non-hydrogen) atoms. The Kier molecular flexibility index (Phi) is 5.50. The van der Waals surface area contributed by atoms with E-state index in [9.17, 15) is 4.79 Å². The summed E-state index contributed by atoms with van der Waals surface area (Å²) >= 11 is 3.42. The Morgan fingerprint density at radius 2 is 2.08 bits per heavy atom. The Bertz CT molecular complexity index is 769. The number of hydrogen-bond acceptors (Lipinski definition) is 6. The van der Waals surface area contributed by atoms with E-state index >= 15 is 0 Å². The first-order chi connectivity index (χ1) is 12.0. The Hall–Kier alpha value is -2.19. The third-order valence-electron chi connectivity index (χ3n) is 4.28. The van der Waals surface area contributed by atoms with E-state index in [1.54, 1.807) is 0 Å². The van der Waals surface area contributed by atoms with Crippen molar-refractivity contribution in [2.24, 2.45) is 11.5 Å². The van der Waals surface area contributed by atoms with Gasteiger partial charge in [0.15, 0.2) is 0 Å². The van der Waals surface area contributed by atoms with Crippen LogP contribution in [0.3, 0.4) is 0 Å². The van der Waals surface area contributed by atoms with E-state index < -0.39 is 5.91 Å². The van der Waals surface area contributed by atoms with Crippen molar-refractivity contribution in [1.29, 1.82) is 0 Å². The van der Waals surface area contributed by atoms with Gasteiger partial charge in [-0.2, -0.15) is 4.98 Å². The fraction of sp³-hybridized carbons (Fsp3) is 0.353. The zero-order chi connectivity index (χ0) is 17.8. The largest absolute Gasteiger partial charge is 0.365 e. The van der Waals surface area contributed by atoms with Gasteiger partial charge in [0, 0.05) is 28.4 Å². The van der Waals surface area contributed by atoms with Gasteiger partial charge in [0.05, 0.1) is 0 Å². The molecule has 1 fully saturated rings. The highest BCUT2D eigenvalue weighted by atomic mass is 79.9. The molecule has 1 aromatic carbocycles. The Morgan fingerprint density at radius 1 is 1.28 bits per heavy atom. The van der Waals surface area contributed by atoms with Crippen molar-refractivity contribution in [3.05, 3.63) is 40.5 Å². The molecular formula is C17H21BrN6O. The molecule has 7 nitrogen and oxygen atoms in total. The number of carbonyl (C=O) groups is 1. The minimum atomic E-state index is -0.585. The van der Waals surface area contributed by atoms with Gasteiger partial charge in [0.2, 0.25) is 5.95 Å². The summed E-state index contributed by atoms with van der Waals surface area (Å²) in [5.74, 6) is 0.218. The summed E-state index contributed by atoms with van der Waals surface area (Å²) in [5.41, 5.74) is 12.6. The molecule has 132 valence electrons. The molecule has 0 radical (unpaired) electrons. The molecule has 8 heteroatoms. The predicted molar refractivity (Wildman–Crippen MR) is 102 cm³/mol. The lowest BCUT2D eigenvalue weighted by molar-refractivity contribution is 0.100. The van der Waals surface area contributed by atoms with Crippen molar-refractivity contribution in [3.8, 4) is 0 Å². The van der Waals surface area contributed by atoms with E-state index in [2.05, 4.69) is 36.5 Å². The average Bonchev–Trinajstić information content (AvgIpc) is 2.57. The van der Waals surface area contributed by atoms with Crippen LogP contribution in [0.4, 0.5) is 17.5 Å². The first-order valence-electron chi connectivity index (χ1n) is 8.24. The second kappa shape index (κ2) is 7.79. The maximum absolute atomic E-state index is 11.7. The molecule has 1 amide bonds. The number of carbonyl (C=O) groups excluding carboxylic acids is 1. The normalized spacial score (nSPS) is 20.1. The smallest absolute Gasteiger partial charge is 0.254 e. The van der Waals surface area contributed by atoms with Crippen molar-refractivity contribution in [3.63, 3.8) is 0 Å². The SMILES string of the molecule is NC(=O)c1cnc(NC2CCCCC2N)nc1Nc1cccc(Br)c1. The monoisotopic (exact) mass is 404 g/mol. The molecule has 1 heterocycles. The van der Waals surface area contributed by atoms with E-state index in [0.29, 0.717) is 11.8 Å². The number of nitrogens with one attached hydrogen (secondary N) is 2. The zero-order valence-corrected chi connectivity index (χ0v) is 15.3. The molecule has 0 bridgehead atoms. The highest BCUT2D eigenvalue weighted by Crippen LogP contribution is 2.24. The molecule has 2 aromatic rings. The molecule has 1 aromatic heterocycles. The zero-order valence-electron chi connectivity index (χ0n) is 13.7. The molecule has 0 spiro atoms. The topological polar surface area (TPSA) is 119 Å². The Labute approximate surface area is 154 Å². The standard InChI is InChI=1S/C17H21BrN6O/c18-10-4-3-5-11(8-10)22-16-12(15(20)25)9-21-17(24-16)23-14-7-2-1-6-13(14)19/h3-5,8-9,13-14H,1-2,6-7,19H2,(H2,20,25)(H2,21,22,23,24). The number of amides is 1. The fourth-order valence-electron chi connectivity index (χ4n) is 2.93. The number of halogens is 1. The van der Waals surface area contributed by atoms with Crippen molar-refractivity contribution in [2.75, 3.05) is 10.6 Å². The van der Waals surface area contributed by atoms with E-state index in [-0.39, 0.29) is 17.6 Å². The highest BCUT2D eigenvalue weighted by molar-refractivity contribution is 9.10. The van der Waals surface area contributed by atoms with Crippen LogP contribution >= 0.6 is 15.9 Å². The number of aromatic nitrogens is 2. The van der Waals surface area contributed by atoms with Gasteiger partial charge in [-0.3, -0.25) is 4.79 Å². The van der Waals surface area contributed by atoms with Crippen molar-refractivity contribution in [2.45, 2.75) is 37.8 Å². The van der Waals surface area contributed by atoms with Gasteiger partial charge in [0.25, 0.3) is 5.91 Å². The van der Waals surface area contributed by atoms with Crippen LogP contribution in [-0.2, 0) is 0 Å². The van der Waals surface area contributed by atoms with Crippen LogP contribution < -0.4 is 22.1 Å². The summed E-state index contributed by atoms with van der Waals surface area (Å²) in [5, 5.41) is 6.42. The minimum absolute atomic E-state index is 0.0784. The average molecular weight is 405 g/mol. The number of nitrogens with two attached hydrogens (primary N) is 2. The summed E-state index contributed by atoms with van der Waals surface area (Å²) in [6.45, 7) is 0. The van der Waals surface area contributed by atoms with E-state index in [4.69, 9.17) is 11.5 Å². The second-order valence-electron chi connectivity index (χ2n) is 6.15. The number of benzene rings is 1. The third-order valence-corrected chi connectivity index (χ3v) is 4.77. The van der Waals surface area contributed by atoms with Gasteiger partial charge < -0.3 is 22.1 Å². The van der Waals surface area contributed by atoms with Crippen LogP contribution in [0.1, 0.15) is 36.0 Å². The summed E-state index contributed by atoms with van der Waals surface area (Å²) in [6, 6.07) is 7.77. The quantitative estimate of drug-likeness (QED) is 0.608. The lowest BCUT2D eigenvalue weighted by atomic mass is 9.91. The van der Waals surface area contributed by atoms with Crippen LogP contribution in [-0.4, -0.2) is 28.0 Å². The van der Waals surface area contributed by atoms with Gasteiger partial charge in [-0.25, -0.2) is 4.98 Å². The van der Waals surface area contributed by atoms with Gasteiger partial charge in [0.1, 0.15) is 11.4 Å². The summed E-state index contributed by atoms with van der Waals surface area (Å²) < 4.78 is 0.915. The first-order valence-corrected chi connectivity index (χ1v) is 9.04. The van der Waals surface area contributed by atoms with Crippen LogP contribution in [0.25, 0.3) is 0 Å². The van der Waals surface area contributed by atoms with Crippen LogP contribution in [0, 0.1) is 0 Å². The first kappa shape index (κ1) is 17.6. The summed E-state index contributed by atoms with van der Waals surface area (Å²) in [6.07, 6.45) is 5.69. The number of primary amides is 1. The van der Waals surface area contributed by atoms with Crippen molar-refractivity contribution in [1.82, 2.24) is 9.97 Å². The Balaban J connectivity index is 1.85.